The van der Waals surface area contributed by atoms with Crippen LogP contribution in [-0.4, -0.2) is 15.6 Å². The van der Waals surface area contributed by atoms with E-state index in [1.165, 1.54) is 0 Å². The Kier molecular flexibility index (Phi) is 4.68. The fraction of sp³-hybridized carbons (Fsp3) is 0.333. The molecule has 1 N–H and O–H groups in total. The van der Waals surface area contributed by atoms with Gasteiger partial charge in [0.2, 0.25) is 0 Å². The van der Waals surface area contributed by atoms with Gasteiger partial charge in [-0.1, -0.05) is 11.6 Å². The van der Waals surface area contributed by atoms with E-state index in [2.05, 4.69) is 14.9 Å². The van der Waals surface area contributed by atoms with Crippen LogP contribution in [0.25, 0.3) is 10.9 Å². The lowest BCUT2D eigenvalue weighted by atomic mass is 9.90. The van der Waals surface area contributed by atoms with Gasteiger partial charge >= 0.3 is 0 Å². The molecule has 134 valence electrons. The minimum absolute atomic E-state index is 0.0663. The molecule has 5 heteroatoms. The fourth-order valence-electron chi connectivity index (χ4n) is 3.87. The Hall–Kier alpha value is -2.33. The van der Waals surface area contributed by atoms with E-state index in [0.717, 1.165) is 52.9 Å². The quantitative estimate of drug-likeness (QED) is 0.712. The van der Waals surface area contributed by atoms with E-state index < -0.39 is 0 Å². The zero-order chi connectivity index (χ0) is 18.1. The zero-order valence-electron chi connectivity index (χ0n) is 14.8. The van der Waals surface area contributed by atoms with Crippen molar-refractivity contribution in [2.24, 2.45) is 0 Å². The maximum atomic E-state index is 11.3. The maximum absolute atomic E-state index is 11.3. The average molecular weight is 368 g/mol. The molecule has 0 saturated heterocycles. The molecule has 2 heterocycles. The molecule has 1 fully saturated rings. The molecule has 0 unspecified atom stereocenters. The van der Waals surface area contributed by atoms with Crippen molar-refractivity contribution in [2.75, 3.05) is 5.32 Å². The molecule has 1 aromatic carbocycles. The van der Waals surface area contributed by atoms with Crippen LogP contribution < -0.4 is 10.7 Å². The van der Waals surface area contributed by atoms with E-state index in [4.69, 9.17) is 11.6 Å². The lowest BCUT2D eigenvalue weighted by Crippen LogP contribution is -2.27. The van der Waals surface area contributed by atoms with Crippen molar-refractivity contribution in [1.29, 1.82) is 0 Å². The van der Waals surface area contributed by atoms with Gasteiger partial charge in [-0.25, -0.2) is 0 Å². The Balaban J connectivity index is 1.48. The maximum Gasteiger partial charge on any atom is 0.181 e. The van der Waals surface area contributed by atoms with Gasteiger partial charge < -0.3 is 9.88 Å². The summed E-state index contributed by atoms with van der Waals surface area (Å²) in [6, 6.07) is 10.2. The molecule has 0 bridgehead atoms. The second-order valence-electron chi connectivity index (χ2n) is 7.06. The smallest absolute Gasteiger partial charge is 0.181 e. The number of rotatable bonds is 3. The number of fused-ring (bicyclic) bond motifs is 1. The second-order valence-corrected chi connectivity index (χ2v) is 7.47. The number of nitrogens with zero attached hydrogens (tertiary/aromatic N) is 2. The molecule has 1 aliphatic rings. The lowest BCUT2D eigenvalue weighted by Gasteiger charge is -2.31. The van der Waals surface area contributed by atoms with Crippen LogP contribution in [0.3, 0.4) is 0 Å². The average Bonchev–Trinajstić information content (AvgIpc) is 2.66. The minimum Gasteiger partial charge on any atom is -0.382 e. The van der Waals surface area contributed by atoms with Crippen LogP contribution in [0, 0.1) is 6.92 Å². The molecular formula is C21H22ClN3O. The van der Waals surface area contributed by atoms with Crippen molar-refractivity contribution in [3.05, 3.63) is 69.7 Å². The standard InChI is InChI=1S/C21H22ClN3O/c1-14-19(22)7-6-18-20(8-11-23-21(14)18)24-15-2-4-16(5-3-15)25-12-9-17(26)10-13-25/h6-13,15-16H,2-5H2,1H3,(H,23,24). The van der Waals surface area contributed by atoms with Crippen molar-refractivity contribution in [3.8, 4) is 0 Å². The van der Waals surface area contributed by atoms with Crippen LogP contribution in [0.2, 0.25) is 5.02 Å². The Morgan fingerprint density at radius 3 is 2.54 bits per heavy atom. The summed E-state index contributed by atoms with van der Waals surface area (Å²) in [5.41, 5.74) is 3.18. The molecule has 3 aromatic rings. The zero-order valence-corrected chi connectivity index (χ0v) is 15.5. The molecular weight excluding hydrogens is 346 g/mol. The van der Waals surface area contributed by atoms with Crippen LogP contribution in [0.5, 0.6) is 0 Å². The normalized spacial score (nSPS) is 20.2. The number of pyridine rings is 2. The summed E-state index contributed by atoms with van der Waals surface area (Å²) in [7, 11) is 0. The number of hydrogen-bond donors (Lipinski definition) is 1. The SMILES string of the molecule is Cc1c(Cl)ccc2c(NC3CCC(n4ccc(=O)cc4)CC3)ccnc12. The molecule has 4 rings (SSSR count). The summed E-state index contributed by atoms with van der Waals surface area (Å²) in [5.74, 6) is 0. The summed E-state index contributed by atoms with van der Waals surface area (Å²) in [6.45, 7) is 2.01. The van der Waals surface area contributed by atoms with E-state index >= 15 is 0 Å². The van der Waals surface area contributed by atoms with E-state index in [9.17, 15) is 4.79 Å². The van der Waals surface area contributed by atoms with E-state index in [1.54, 1.807) is 12.1 Å². The number of aryl methyl sites for hydroxylation is 1. The number of hydrogen-bond acceptors (Lipinski definition) is 3. The van der Waals surface area contributed by atoms with Gasteiger partial charge in [-0.2, -0.15) is 0 Å². The highest BCUT2D eigenvalue weighted by molar-refractivity contribution is 6.32. The largest absolute Gasteiger partial charge is 0.382 e. The van der Waals surface area contributed by atoms with E-state index in [0.29, 0.717) is 12.1 Å². The van der Waals surface area contributed by atoms with Crippen molar-refractivity contribution < 1.29 is 0 Å². The highest BCUT2D eigenvalue weighted by Crippen LogP contribution is 2.33. The topological polar surface area (TPSA) is 46.9 Å². The summed E-state index contributed by atoms with van der Waals surface area (Å²) in [4.78, 5) is 15.8. The van der Waals surface area contributed by atoms with Crippen LogP contribution in [0.4, 0.5) is 5.69 Å². The van der Waals surface area contributed by atoms with Gasteiger partial charge in [-0.3, -0.25) is 9.78 Å². The van der Waals surface area contributed by atoms with E-state index in [-0.39, 0.29) is 5.43 Å². The number of halogens is 1. The number of anilines is 1. The van der Waals surface area contributed by atoms with Crippen LogP contribution in [0.1, 0.15) is 37.3 Å². The third-order valence-electron chi connectivity index (χ3n) is 5.40. The predicted molar refractivity (Wildman–Crippen MR) is 107 cm³/mol. The first kappa shape index (κ1) is 17.1. The van der Waals surface area contributed by atoms with Crippen molar-refractivity contribution in [2.45, 2.75) is 44.7 Å². The monoisotopic (exact) mass is 367 g/mol. The Bertz CT molecular complexity index is 970. The highest BCUT2D eigenvalue weighted by Gasteiger charge is 2.22. The summed E-state index contributed by atoms with van der Waals surface area (Å²) in [5, 5.41) is 5.58. The summed E-state index contributed by atoms with van der Waals surface area (Å²) >= 11 is 6.23. The molecule has 26 heavy (non-hydrogen) atoms. The van der Waals surface area contributed by atoms with Gasteiger partial charge in [-0.15, -0.1) is 0 Å². The summed E-state index contributed by atoms with van der Waals surface area (Å²) in [6.07, 6.45) is 10.1. The number of nitrogens with one attached hydrogen (secondary N) is 1. The Labute approximate surface area is 157 Å². The first-order valence-electron chi connectivity index (χ1n) is 9.10. The third kappa shape index (κ3) is 3.34. The molecule has 0 amide bonds. The molecule has 0 atom stereocenters. The molecule has 1 saturated carbocycles. The molecule has 0 radical (unpaired) electrons. The van der Waals surface area contributed by atoms with Crippen LogP contribution in [0.15, 0.2) is 53.7 Å². The van der Waals surface area contributed by atoms with Gasteiger partial charge in [0.05, 0.1) is 5.52 Å². The predicted octanol–water partition coefficient (Wildman–Crippen LogP) is 4.95. The van der Waals surface area contributed by atoms with Crippen LogP contribution >= 0.6 is 11.6 Å². The van der Waals surface area contributed by atoms with Gasteiger partial charge in [0, 0.05) is 58.9 Å². The third-order valence-corrected chi connectivity index (χ3v) is 5.81. The van der Waals surface area contributed by atoms with Crippen LogP contribution in [-0.2, 0) is 0 Å². The molecule has 4 nitrogen and oxygen atoms in total. The molecule has 2 aromatic heterocycles. The van der Waals surface area contributed by atoms with Crippen molar-refractivity contribution in [1.82, 2.24) is 9.55 Å². The molecule has 0 spiro atoms. The first-order valence-corrected chi connectivity index (χ1v) is 9.48. The Morgan fingerprint density at radius 1 is 1.08 bits per heavy atom. The number of aromatic nitrogens is 2. The number of benzene rings is 1. The van der Waals surface area contributed by atoms with Gasteiger partial charge in [0.25, 0.3) is 0 Å². The first-order chi connectivity index (χ1) is 12.6. The lowest BCUT2D eigenvalue weighted by molar-refractivity contribution is 0.333. The summed E-state index contributed by atoms with van der Waals surface area (Å²) < 4.78 is 2.17. The van der Waals surface area contributed by atoms with Gasteiger partial charge in [0.15, 0.2) is 5.43 Å². The highest BCUT2D eigenvalue weighted by atomic mass is 35.5. The van der Waals surface area contributed by atoms with Gasteiger partial charge in [-0.05, 0) is 56.4 Å². The minimum atomic E-state index is 0.0663. The van der Waals surface area contributed by atoms with Crippen molar-refractivity contribution >= 4 is 28.2 Å². The van der Waals surface area contributed by atoms with Gasteiger partial charge in [0.1, 0.15) is 0 Å². The van der Waals surface area contributed by atoms with E-state index in [1.807, 2.05) is 43.7 Å². The Morgan fingerprint density at radius 2 is 1.81 bits per heavy atom. The fourth-order valence-corrected chi connectivity index (χ4v) is 4.02. The molecule has 0 aliphatic heterocycles. The second kappa shape index (κ2) is 7.12. The van der Waals surface area contributed by atoms with Crippen molar-refractivity contribution in [3.63, 3.8) is 0 Å². The molecule has 1 aliphatic carbocycles.